The van der Waals surface area contributed by atoms with Gasteiger partial charge in [-0.15, -0.1) is 11.8 Å². The Kier molecular flexibility index (Phi) is 3.53. The number of hydrogen-bond donors (Lipinski definition) is 0. The van der Waals surface area contributed by atoms with Gasteiger partial charge in [0, 0.05) is 29.9 Å². The predicted molar refractivity (Wildman–Crippen MR) is 77.8 cm³/mol. The number of ether oxygens (including phenoxy) is 1. The third-order valence-corrected chi connectivity index (χ3v) is 4.70. The lowest BCUT2D eigenvalue weighted by atomic mass is 9.97. The van der Waals surface area contributed by atoms with Crippen LogP contribution in [-0.4, -0.2) is 36.0 Å². The first-order valence-corrected chi connectivity index (χ1v) is 7.54. The molecule has 0 spiro atoms. The maximum absolute atomic E-state index is 12.6. The van der Waals surface area contributed by atoms with Crippen molar-refractivity contribution in [3.05, 3.63) is 40.4 Å². The minimum Gasteiger partial charge on any atom is -0.497 e. The molecule has 2 heterocycles. The molecule has 1 aromatic rings. The number of rotatable bonds is 3. The van der Waals surface area contributed by atoms with Gasteiger partial charge in [-0.1, -0.05) is 0 Å². The van der Waals surface area contributed by atoms with Gasteiger partial charge in [-0.2, -0.15) is 0 Å². The van der Waals surface area contributed by atoms with Crippen LogP contribution in [0.25, 0.3) is 0 Å². The summed E-state index contributed by atoms with van der Waals surface area (Å²) in [4.78, 5) is 26.2. The van der Waals surface area contributed by atoms with E-state index < -0.39 is 0 Å². The Morgan fingerprint density at radius 1 is 1.25 bits per heavy atom. The number of methoxy groups -OCH3 is 1. The summed E-state index contributed by atoms with van der Waals surface area (Å²) in [5.74, 6) is 1.77. The molecule has 1 fully saturated rings. The fourth-order valence-corrected chi connectivity index (χ4v) is 3.69. The molecule has 4 nitrogen and oxygen atoms in total. The van der Waals surface area contributed by atoms with Crippen molar-refractivity contribution in [3.63, 3.8) is 0 Å². The highest BCUT2D eigenvalue weighted by Gasteiger charge is 2.33. The van der Waals surface area contributed by atoms with Crippen LogP contribution >= 0.6 is 11.8 Å². The minimum atomic E-state index is 0.0227. The second-order valence-electron chi connectivity index (χ2n) is 4.74. The SMILES string of the molecule is COc1ccc(C(=O)C2=C3SCCN3C(=O)CC2)cc1. The third kappa shape index (κ3) is 2.22. The predicted octanol–water partition coefficient (Wildman–Crippen LogP) is 2.46. The molecule has 20 heavy (non-hydrogen) atoms. The average molecular weight is 289 g/mol. The maximum Gasteiger partial charge on any atom is 0.227 e. The van der Waals surface area contributed by atoms with Gasteiger partial charge in [0.2, 0.25) is 5.91 Å². The lowest BCUT2D eigenvalue weighted by Crippen LogP contribution is -2.32. The number of benzene rings is 1. The topological polar surface area (TPSA) is 46.6 Å². The number of thioether (sulfide) groups is 1. The summed E-state index contributed by atoms with van der Waals surface area (Å²) in [5.41, 5.74) is 1.42. The van der Waals surface area contributed by atoms with Crippen LogP contribution in [0.1, 0.15) is 23.2 Å². The van der Waals surface area contributed by atoms with Gasteiger partial charge in [-0.25, -0.2) is 0 Å². The van der Waals surface area contributed by atoms with Crippen molar-refractivity contribution in [2.24, 2.45) is 0 Å². The highest BCUT2D eigenvalue weighted by Crippen LogP contribution is 2.37. The summed E-state index contributed by atoms with van der Waals surface area (Å²) in [6.45, 7) is 0.720. The number of Topliss-reactive ketones (excluding diaryl/α,β-unsaturated/α-hetero) is 1. The molecule has 0 radical (unpaired) electrons. The first-order chi connectivity index (χ1) is 9.70. The largest absolute Gasteiger partial charge is 0.497 e. The molecule has 3 rings (SSSR count). The van der Waals surface area contributed by atoms with E-state index in [0.29, 0.717) is 18.4 Å². The number of amides is 1. The van der Waals surface area contributed by atoms with E-state index in [1.807, 2.05) is 0 Å². The summed E-state index contributed by atoms with van der Waals surface area (Å²) >= 11 is 1.61. The Bertz CT molecular complexity index is 592. The molecule has 0 aliphatic carbocycles. The van der Waals surface area contributed by atoms with Crippen LogP contribution in [-0.2, 0) is 4.79 Å². The Morgan fingerprint density at radius 3 is 2.70 bits per heavy atom. The summed E-state index contributed by atoms with van der Waals surface area (Å²) in [6, 6.07) is 7.11. The molecule has 0 unspecified atom stereocenters. The Hall–Kier alpha value is -1.75. The van der Waals surface area contributed by atoms with E-state index in [-0.39, 0.29) is 11.7 Å². The molecular formula is C15H15NO3S. The molecule has 5 heteroatoms. The van der Waals surface area contributed by atoms with Crippen LogP contribution in [0.2, 0.25) is 0 Å². The summed E-state index contributed by atoms with van der Waals surface area (Å²) in [7, 11) is 1.60. The Morgan fingerprint density at radius 2 is 2.00 bits per heavy atom. The van der Waals surface area contributed by atoms with Crippen molar-refractivity contribution in [1.29, 1.82) is 0 Å². The molecule has 0 saturated carbocycles. The van der Waals surface area contributed by atoms with Crippen LogP contribution in [0.3, 0.4) is 0 Å². The normalized spacial score (nSPS) is 18.2. The summed E-state index contributed by atoms with van der Waals surface area (Å²) in [5, 5.41) is 0.863. The first kappa shape index (κ1) is 13.2. The fourth-order valence-electron chi connectivity index (χ4n) is 2.50. The van der Waals surface area contributed by atoms with Crippen LogP contribution in [0.15, 0.2) is 34.9 Å². The zero-order chi connectivity index (χ0) is 14.1. The highest BCUT2D eigenvalue weighted by atomic mass is 32.2. The van der Waals surface area contributed by atoms with E-state index in [9.17, 15) is 9.59 Å². The Balaban J connectivity index is 1.93. The molecular weight excluding hydrogens is 274 g/mol. The van der Waals surface area contributed by atoms with Crippen LogP contribution in [0.5, 0.6) is 5.75 Å². The quantitative estimate of drug-likeness (QED) is 0.802. The molecule has 1 saturated heterocycles. The molecule has 104 valence electrons. The molecule has 0 aromatic heterocycles. The number of carbonyl (C=O) groups excluding carboxylic acids is 2. The number of ketones is 1. The van der Waals surface area contributed by atoms with E-state index in [4.69, 9.17) is 4.74 Å². The Labute approximate surface area is 121 Å². The second-order valence-corrected chi connectivity index (χ2v) is 5.82. The number of carbonyl (C=O) groups is 2. The fraction of sp³-hybridized carbons (Fsp3) is 0.333. The average Bonchev–Trinajstić information content (AvgIpc) is 2.97. The van der Waals surface area contributed by atoms with Gasteiger partial charge in [0.25, 0.3) is 0 Å². The standard InChI is InChI=1S/C15H15NO3S/c1-19-11-4-2-10(3-5-11)14(18)12-6-7-13(17)16-8-9-20-15(12)16/h2-5H,6-9H2,1H3. The van der Waals surface area contributed by atoms with Crippen LogP contribution in [0.4, 0.5) is 0 Å². The maximum atomic E-state index is 12.6. The van der Waals surface area contributed by atoms with E-state index >= 15 is 0 Å². The van der Waals surface area contributed by atoms with E-state index in [0.717, 1.165) is 28.6 Å². The lowest BCUT2D eigenvalue weighted by Gasteiger charge is -2.25. The van der Waals surface area contributed by atoms with Crippen molar-refractivity contribution in [1.82, 2.24) is 4.90 Å². The van der Waals surface area contributed by atoms with Crippen molar-refractivity contribution >= 4 is 23.5 Å². The molecule has 2 aliphatic rings. The number of hydrogen-bond acceptors (Lipinski definition) is 4. The second kappa shape index (κ2) is 5.32. The van der Waals surface area contributed by atoms with Gasteiger partial charge < -0.3 is 9.64 Å². The number of allylic oxidation sites excluding steroid dienone is 1. The van der Waals surface area contributed by atoms with Crippen LogP contribution < -0.4 is 4.74 Å². The molecule has 2 aliphatic heterocycles. The van der Waals surface area contributed by atoms with E-state index in [1.54, 1.807) is 48.0 Å². The van der Waals surface area contributed by atoms with Crippen molar-refractivity contribution in [2.45, 2.75) is 12.8 Å². The molecule has 1 amide bonds. The zero-order valence-electron chi connectivity index (χ0n) is 11.2. The molecule has 1 aromatic carbocycles. The summed E-state index contributed by atoms with van der Waals surface area (Å²) < 4.78 is 5.10. The highest BCUT2D eigenvalue weighted by molar-refractivity contribution is 8.03. The number of nitrogens with zero attached hydrogens (tertiary/aromatic N) is 1. The molecule has 0 atom stereocenters. The van der Waals surface area contributed by atoms with Gasteiger partial charge >= 0.3 is 0 Å². The minimum absolute atomic E-state index is 0.0227. The molecule has 0 bridgehead atoms. The van der Waals surface area contributed by atoms with Gasteiger partial charge in [0.15, 0.2) is 5.78 Å². The van der Waals surface area contributed by atoms with Gasteiger partial charge in [0.1, 0.15) is 5.75 Å². The van der Waals surface area contributed by atoms with Crippen molar-refractivity contribution < 1.29 is 14.3 Å². The van der Waals surface area contributed by atoms with E-state index in [1.165, 1.54) is 0 Å². The van der Waals surface area contributed by atoms with E-state index in [2.05, 4.69) is 0 Å². The monoisotopic (exact) mass is 289 g/mol. The summed E-state index contributed by atoms with van der Waals surface area (Å²) in [6.07, 6.45) is 0.976. The first-order valence-electron chi connectivity index (χ1n) is 6.56. The zero-order valence-corrected chi connectivity index (χ0v) is 12.0. The third-order valence-electron chi connectivity index (χ3n) is 3.57. The lowest BCUT2D eigenvalue weighted by molar-refractivity contribution is -0.128. The van der Waals surface area contributed by atoms with Crippen LogP contribution in [0, 0.1) is 0 Å². The van der Waals surface area contributed by atoms with Crippen molar-refractivity contribution in [3.8, 4) is 5.75 Å². The van der Waals surface area contributed by atoms with Crippen molar-refractivity contribution in [2.75, 3.05) is 19.4 Å². The van der Waals surface area contributed by atoms with Gasteiger partial charge in [-0.05, 0) is 30.7 Å². The van der Waals surface area contributed by atoms with Gasteiger partial charge in [0.05, 0.1) is 12.1 Å². The van der Waals surface area contributed by atoms with Gasteiger partial charge in [-0.3, -0.25) is 9.59 Å². The smallest absolute Gasteiger partial charge is 0.227 e. The molecule has 0 N–H and O–H groups in total. The number of fused-ring (bicyclic) bond motifs is 1.